The highest BCUT2D eigenvalue weighted by Crippen LogP contribution is 2.30. The molecule has 1 aliphatic rings. The summed E-state index contributed by atoms with van der Waals surface area (Å²) in [6.45, 7) is 7.31. The third-order valence-electron chi connectivity index (χ3n) is 3.67. The topological polar surface area (TPSA) is 38.0 Å². The van der Waals surface area contributed by atoms with Crippen molar-refractivity contribution >= 4 is 33.7 Å². The fourth-order valence-electron chi connectivity index (χ4n) is 2.51. The number of aliphatic imine (C=N–C) groups is 1. The Morgan fingerprint density at radius 2 is 1.95 bits per heavy atom. The Hall–Kier alpha value is -1.59. The number of furan rings is 1. The SMILES string of the molecule is Cc1ccc(N=Cc2cc(Br)c(N3CCOCC3)o2)c(C)c1. The third kappa shape index (κ3) is 3.42. The number of halogens is 1. The summed E-state index contributed by atoms with van der Waals surface area (Å²) in [4.78, 5) is 6.72. The van der Waals surface area contributed by atoms with Gasteiger partial charge in [-0.15, -0.1) is 0 Å². The zero-order chi connectivity index (χ0) is 15.5. The van der Waals surface area contributed by atoms with Gasteiger partial charge in [0.1, 0.15) is 5.76 Å². The number of anilines is 1. The zero-order valence-corrected chi connectivity index (χ0v) is 14.4. The second-order valence-corrected chi connectivity index (χ2v) is 6.30. The van der Waals surface area contributed by atoms with Gasteiger partial charge in [-0.05, 0) is 41.4 Å². The van der Waals surface area contributed by atoms with Crippen LogP contribution in [0.4, 0.5) is 11.6 Å². The van der Waals surface area contributed by atoms with E-state index in [1.807, 2.05) is 12.1 Å². The number of hydrogen-bond donors (Lipinski definition) is 0. The second-order valence-electron chi connectivity index (χ2n) is 5.45. The number of morpholine rings is 1. The molecule has 1 aromatic carbocycles. The van der Waals surface area contributed by atoms with Crippen LogP contribution in [0.25, 0.3) is 0 Å². The van der Waals surface area contributed by atoms with Crippen LogP contribution in [0.2, 0.25) is 0 Å². The second kappa shape index (κ2) is 6.67. The maximum atomic E-state index is 5.91. The number of hydrogen-bond acceptors (Lipinski definition) is 4. The molecule has 0 N–H and O–H groups in total. The van der Waals surface area contributed by atoms with E-state index in [4.69, 9.17) is 9.15 Å². The molecule has 1 aliphatic heterocycles. The molecule has 2 heterocycles. The van der Waals surface area contributed by atoms with E-state index >= 15 is 0 Å². The first kappa shape index (κ1) is 15.3. The van der Waals surface area contributed by atoms with E-state index in [0.717, 1.165) is 53.7 Å². The van der Waals surface area contributed by atoms with Gasteiger partial charge in [-0.3, -0.25) is 4.99 Å². The summed E-state index contributed by atoms with van der Waals surface area (Å²) in [5.41, 5.74) is 3.37. The fourth-order valence-corrected chi connectivity index (χ4v) is 3.06. The van der Waals surface area contributed by atoms with Gasteiger partial charge in [0.05, 0.1) is 29.6 Å². The van der Waals surface area contributed by atoms with Crippen molar-refractivity contribution in [3.63, 3.8) is 0 Å². The van der Waals surface area contributed by atoms with Crippen molar-refractivity contribution in [1.29, 1.82) is 0 Å². The highest BCUT2D eigenvalue weighted by atomic mass is 79.9. The molecule has 0 unspecified atom stereocenters. The highest BCUT2D eigenvalue weighted by Gasteiger charge is 2.18. The molecule has 1 fully saturated rings. The van der Waals surface area contributed by atoms with Gasteiger partial charge in [0, 0.05) is 19.2 Å². The lowest BCUT2D eigenvalue weighted by Crippen LogP contribution is -2.36. The molecule has 0 saturated carbocycles. The predicted molar refractivity (Wildman–Crippen MR) is 92.6 cm³/mol. The fraction of sp³-hybridized carbons (Fsp3) is 0.353. The van der Waals surface area contributed by atoms with Crippen LogP contribution in [0.3, 0.4) is 0 Å². The van der Waals surface area contributed by atoms with Gasteiger partial charge in [-0.25, -0.2) is 0 Å². The summed E-state index contributed by atoms with van der Waals surface area (Å²) in [7, 11) is 0. The highest BCUT2D eigenvalue weighted by molar-refractivity contribution is 9.10. The number of aryl methyl sites for hydroxylation is 2. The van der Waals surface area contributed by atoms with Crippen LogP contribution in [-0.2, 0) is 4.74 Å². The van der Waals surface area contributed by atoms with Gasteiger partial charge < -0.3 is 14.1 Å². The summed E-state index contributed by atoms with van der Waals surface area (Å²) < 4.78 is 12.2. The smallest absolute Gasteiger partial charge is 0.210 e. The average molecular weight is 363 g/mol. The molecule has 3 rings (SSSR count). The van der Waals surface area contributed by atoms with Crippen molar-refractivity contribution in [3.05, 3.63) is 45.6 Å². The first-order chi connectivity index (χ1) is 10.6. The molecule has 1 aromatic heterocycles. The molecule has 0 atom stereocenters. The lowest BCUT2D eigenvalue weighted by atomic mass is 10.1. The van der Waals surface area contributed by atoms with Crippen LogP contribution in [0.5, 0.6) is 0 Å². The lowest BCUT2D eigenvalue weighted by Gasteiger charge is -2.26. The summed E-state index contributed by atoms with van der Waals surface area (Å²) in [6, 6.07) is 8.18. The minimum absolute atomic E-state index is 0.735. The van der Waals surface area contributed by atoms with Crippen molar-refractivity contribution in [3.8, 4) is 0 Å². The summed E-state index contributed by atoms with van der Waals surface area (Å²) >= 11 is 3.57. The molecule has 0 bridgehead atoms. The molecule has 2 aromatic rings. The van der Waals surface area contributed by atoms with E-state index in [0.29, 0.717) is 0 Å². The maximum absolute atomic E-state index is 5.91. The van der Waals surface area contributed by atoms with E-state index in [-0.39, 0.29) is 0 Å². The Kier molecular flexibility index (Phi) is 4.64. The molecule has 0 aliphatic carbocycles. The van der Waals surface area contributed by atoms with Gasteiger partial charge in [-0.1, -0.05) is 17.7 Å². The van der Waals surface area contributed by atoms with Crippen molar-refractivity contribution in [2.45, 2.75) is 13.8 Å². The minimum Gasteiger partial charge on any atom is -0.438 e. The third-order valence-corrected chi connectivity index (χ3v) is 4.24. The van der Waals surface area contributed by atoms with Crippen LogP contribution in [0, 0.1) is 13.8 Å². The lowest BCUT2D eigenvalue weighted by molar-refractivity contribution is 0.120. The molecule has 4 nitrogen and oxygen atoms in total. The zero-order valence-electron chi connectivity index (χ0n) is 12.8. The molecule has 0 radical (unpaired) electrons. The van der Waals surface area contributed by atoms with Gasteiger partial charge >= 0.3 is 0 Å². The molecule has 116 valence electrons. The number of ether oxygens (including phenoxy) is 1. The predicted octanol–water partition coefficient (Wildman–Crippen LogP) is 4.25. The van der Waals surface area contributed by atoms with Crippen molar-refractivity contribution in [2.75, 3.05) is 31.2 Å². The molecular formula is C17H19BrN2O2. The Morgan fingerprint density at radius 3 is 2.68 bits per heavy atom. The van der Waals surface area contributed by atoms with Gasteiger partial charge in [0.15, 0.2) is 0 Å². The Bertz CT molecular complexity index is 688. The van der Waals surface area contributed by atoms with Crippen LogP contribution in [0.1, 0.15) is 16.9 Å². The monoisotopic (exact) mass is 362 g/mol. The molecule has 22 heavy (non-hydrogen) atoms. The van der Waals surface area contributed by atoms with Crippen molar-refractivity contribution in [2.24, 2.45) is 4.99 Å². The minimum atomic E-state index is 0.735. The quantitative estimate of drug-likeness (QED) is 0.766. The molecule has 5 heteroatoms. The van der Waals surface area contributed by atoms with Crippen LogP contribution >= 0.6 is 15.9 Å². The van der Waals surface area contributed by atoms with Gasteiger partial charge in [-0.2, -0.15) is 0 Å². The molecule has 1 saturated heterocycles. The summed E-state index contributed by atoms with van der Waals surface area (Å²) in [6.07, 6.45) is 1.77. The van der Waals surface area contributed by atoms with E-state index in [1.54, 1.807) is 6.21 Å². The van der Waals surface area contributed by atoms with Crippen LogP contribution < -0.4 is 4.90 Å². The van der Waals surface area contributed by atoms with Crippen LogP contribution in [-0.4, -0.2) is 32.5 Å². The Labute approximate surface area is 138 Å². The number of rotatable bonds is 3. The molecule has 0 spiro atoms. The van der Waals surface area contributed by atoms with Crippen molar-refractivity contribution in [1.82, 2.24) is 0 Å². The number of benzene rings is 1. The first-order valence-electron chi connectivity index (χ1n) is 7.37. The molecular weight excluding hydrogens is 344 g/mol. The Morgan fingerprint density at radius 1 is 1.18 bits per heavy atom. The average Bonchev–Trinajstić information content (AvgIpc) is 2.88. The van der Waals surface area contributed by atoms with Crippen molar-refractivity contribution < 1.29 is 9.15 Å². The normalized spacial score (nSPS) is 15.7. The molecule has 0 amide bonds. The van der Waals surface area contributed by atoms with Gasteiger partial charge in [0.25, 0.3) is 0 Å². The maximum Gasteiger partial charge on any atom is 0.210 e. The van der Waals surface area contributed by atoms with E-state index < -0.39 is 0 Å². The van der Waals surface area contributed by atoms with E-state index in [1.165, 1.54) is 5.56 Å². The number of nitrogens with zero attached hydrogens (tertiary/aromatic N) is 2. The van der Waals surface area contributed by atoms with Gasteiger partial charge in [0.2, 0.25) is 5.88 Å². The Balaban J connectivity index is 1.79. The summed E-state index contributed by atoms with van der Waals surface area (Å²) in [5.74, 6) is 1.60. The van der Waals surface area contributed by atoms with E-state index in [9.17, 15) is 0 Å². The standard InChI is InChI=1S/C17H19BrN2O2/c1-12-3-4-16(13(2)9-12)19-11-14-10-15(18)17(22-14)20-5-7-21-8-6-20/h3-4,9-11H,5-8H2,1-2H3. The summed E-state index contributed by atoms with van der Waals surface area (Å²) in [5, 5.41) is 0. The largest absolute Gasteiger partial charge is 0.438 e. The van der Waals surface area contributed by atoms with E-state index in [2.05, 4.69) is 51.8 Å². The first-order valence-corrected chi connectivity index (χ1v) is 8.16. The van der Waals surface area contributed by atoms with Crippen LogP contribution in [0.15, 0.2) is 38.1 Å².